The molecule has 2 heteroatoms. The second kappa shape index (κ2) is 9.03. The van der Waals surface area contributed by atoms with Crippen molar-refractivity contribution in [3.8, 4) is 0 Å². The van der Waals surface area contributed by atoms with Gasteiger partial charge in [-0.15, -0.1) is 0 Å². The Morgan fingerprint density at radius 3 is 1.45 bits per heavy atom. The van der Waals surface area contributed by atoms with Crippen molar-refractivity contribution in [1.29, 1.82) is 0 Å². The largest absolute Gasteiger partial charge is 0.265 e. The predicted molar refractivity (Wildman–Crippen MR) is 83.5 cm³/mol. The summed E-state index contributed by atoms with van der Waals surface area (Å²) in [6.45, 7) is 0. The molecule has 104 valence electrons. The minimum Gasteiger partial charge on any atom is -0.265 e. The second-order valence-electron chi connectivity index (χ2n) is 4.97. The SMILES string of the molecule is C(=CCCCc1ccncc1)CCCc1ccncc1. The van der Waals surface area contributed by atoms with Crippen molar-refractivity contribution in [2.75, 3.05) is 0 Å². The average Bonchev–Trinajstić information content (AvgIpc) is 2.52. The first-order valence-corrected chi connectivity index (χ1v) is 7.38. The van der Waals surface area contributed by atoms with Gasteiger partial charge in [-0.1, -0.05) is 12.2 Å². The van der Waals surface area contributed by atoms with Crippen LogP contribution in [0.5, 0.6) is 0 Å². The highest BCUT2D eigenvalue weighted by molar-refractivity contribution is 5.10. The Labute approximate surface area is 121 Å². The Hall–Kier alpha value is -1.96. The molecule has 0 aliphatic carbocycles. The lowest BCUT2D eigenvalue weighted by Gasteiger charge is -1.99. The maximum absolute atomic E-state index is 4.03. The van der Waals surface area contributed by atoms with Gasteiger partial charge in [-0.25, -0.2) is 0 Å². The zero-order valence-electron chi connectivity index (χ0n) is 11.9. The van der Waals surface area contributed by atoms with E-state index in [0.717, 1.165) is 25.7 Å². The summed E-state index contributed by atoms with van der Waals surface area (Å²) in [5, 5.41) is 0. The fourth-order valence-electron chi connectivity index (χ4n) is 2.18. The van der Waals surface area contributed by atoms with Gasteiger partial charge in [0.2, 0.25) is 0 Å². The van der Waals surface area contributed by atoms with Gasteiger partial charge in [0, 0.05) is 24.8 Å². The highest BCUT2D eigenvalue weighted by Crippen LogP contribution is 2.06. The Morgan fingerprint density at radius 2 is 1.05 bits per heavy atom. The third kappa shape index (κ3) is 5.79. The van der Waals surface area contributed by atoms with E-state index in [1.54, 1.807) is 0 Å². The molecule has 0 aliphatic heterocycles. The summed E-state index contributed by atoms with van der Waals surface area (Å²) in [6.07, 6.45) is 19.1. The molecular formula is C18H22N2. The summed E-state index contributed by atoms with van der Waals surface area (Å²) < 4.78 is 0. The molecule has 0 fully saturated rings. The lowest BCUT2D eigenvalue weighted by Crippen LogP contribution is -1.85. The van der Waals surface area contributed by atoms with Crippen molar-refractivity contribution in [2.45, 2.75) is 38.5 Å². The number of rotatable bonds is 8. The Morgan fingerprint density at radius 1 is 0.650 bits per heavy atom. The number of pyridine rings is 2. The summed E-state index contributed by atoms with van der Waals surface area (Å²) >= 11 is 0. The van der Waals surface area contributed by atoms with Crippen molar-refractivity contribution in [3.05, 3.63) is 72.3 Å². The van der Waals surface area contributed by atoms with E-state index in [9.17, 15) is 0 Å². The summed E-state index contributed by atoms with van der Waals surface area (Å²) in [7, 11) is 0. The van der Waals surface area contributed by atoms with Crippen LogP contribution in [0, 0.1) is 0 Å². The summed E-state index contributed by atoms with van der Waals surface area (Å²) in [5.41, 5.74) is 2.76. The van der Waals surface area contributed by atoms with Gasteiger partial charge in [-0.05, 0) is 73.9 Å². The van der Waals surface area contributed by atoms with E-state index in [-0.39, 0.29) is 0 Å². The van der Waals surface area contributed by atoms with Gasteiger partial charge in [-0.3, -0.25) is 9.97 Å². The zero-order valence-corrected chi connectivity index (χ0v) is 11.9. The standard InChI is InChI=1S/C18H22N2/c1(3-5-7-17-9-13-19-14-10-17)2-4-6-8-18-11-15-20-16-12-18/h1-2,9-16H,3-8H2. The Balaban J connectivity index is 1.52. The van der Waals surface area contributed by atoms with E-state index in [0.29, 0.717) is 0 Å². The fourth-order valence-corrected chi connectivity index (χ4v) is 2.18. The molecule has 0 aromatic carbocycles. The topological polar surface area (TPSA) is 25.8 Å². The monoisotopic (exact) mass is 266 g/mol. The van der Waals surface area contributed by atoms with Crippen LogP contribution in [0.4, 0.5) is 0 Å². The minimum absolute atomic E-state index is 1.14. The molecule has 0 unspecified atom stereocenters. The maximum atomic E-state index is 4.03. The molecule has 0 saturated heterocycles. The van der Waals surface area contributed by atoms with Crippen molar-refractivity contribution in [3.63, 3.8) is 0 Å². The first-order valence-electron chi connectivity index (χ1n) is 7.38. The van der Waals surface area contributed by atoms with Crippen molar-refractivity contribution < 1.29 is 0 Å². The third-order valence-corrected chi connectivity index (χ3v) is 3.34. The van der Waals surface area contributed by atoms with Crippen LogP contribution >= 0.6 is 0 Å². The van der Waals surface area contributed by atoms with Crippen molar-refractivity contribution in [2.24, 2.45) is 0 Å². The smallest absolute Gasteiger partial charge is 0.0270 e. The molecule has 0 radical (unpaired) electrons. The minimum atomic E-state index is 1.14. The van der Waals surface area contributed by atoms with Gasteiger partial charge >= 0.3 is 0 Å². The van der Waals surface area contributed by atoms with Crippen LogP contribution in [0.2, 0.25) is 0 Å². The molecule has 2 heterocycles. The van der Waals surface area contributed by atoms with E-state index in [1.807, 2.05) is 24.8 Å². The molecule has 0 saturated carbocycles. The molecule has 0 spiro atoms. The maximum Gasteiger partial charge on any atom is 0.0270 e. The normalized spacial score (nSPS) is 11.0. The lowest BCUT2D eigenvalue weighted by atomic mass is 10.1. The highest BCUT2D eigenvalue weighted by Gasteiger charge is 1.91. The van der Waals surface area contributed by atoms with Crippen LogP contribution in [0.3, 0.4) is 0 Å². The van der Waals surface area contributed by atoms with E-state index < -0.39 is 0 Å². The predicted octanol–water partition coefficient (Wildman–Crippen LogP) is 4.38. The van der Waals surface area contributed by atoms with Crippen LogP contribution in [-0.2, 0) is 12.8 Å². The molecule has 2 aromatic heterocycles. The quantitative estimate of drug-likeness (QED) is 0.523. The molecule has 2 nitrogen and oxygen atoms in total. The fraction of sp³-hybridized carbons (Fsp3) is 0.333. The molecule has 2 aromatic rings. The number of hydrogen-bond acceptors (Lipinski definition) is 2. The van der Waals surface area contributed by atoms with Gasteiger partial charge in [0.1, 0.15) is 0 Å². The molecule has 0 amide bonds. The molecule has 20 heavy (non-hydrogen) atoms. The molecule has 0 N–H and O–H groups in total. The number of unbranched alkanes of at least 4 members (excludes halogenated alkanes) is 2. The highest BCUT2D eigenvalue weighted by atomic mass is 14.6. The van der Waals surface area contributed by atoms with Gasteiger partial charge < -0.3 is 0 Å². The van der Waals surface area contributed by atoms with Gasteiger partial charge in [0.05, 0.1) is 0 Å². The van der Waals surface area contributed by atoms with Gasteiger partial charge in [0.25, 0.3) is 0 Å². The van der Waals surface area contributed by atoms with Gasteiger partial charge in [-0.2, -0.15) is 0 Å². The second-order valence-corrected chi connectivity index (χ2v) is 4.97. The molecule has 0 aliphatic rings. The summed E-state index contributed by atoms with van der Waals surface area (Å²) in [5.74, 6) is 0. The van der Waals surface area contributed by atoms with Crippen LogP contribution in [0.25, 0.3) is 0 Å². The Bertz CT molecular complexity index is 444. The Kier molecular flexibility index (Phi) is 6.52. The number of allylic oxidation sites excluding steroid dienone is 2. The van der Waals surface area contributed by atoms with E-state index in [1.165, 1.54) is 24.0 Å². The van der Waals surface area contributed by atoms with E-state index >= 15 is 0 Å². The first-order chi connectivity index (χ1) is 9.95. The average molecular weight is 266 g/mol. The molecular weight excluding hydrogens is 244 g/mol. The van der Waals surface area contributed by atoms with Crippen LogP contribution in [0.15, 0.2) is 61.2 Å². The lowest BCUT2D eigenvalue weighted by molar-refractivity contribution is 0.817. The van der Waals surface area contributed by atoms with Crippen LogP contribution in [-0.4, -0.2) is 9.97 Å². The van der Waals surface area contributed by atoms with Crippen LogP contribution < -0.4 is 0 Å². The number of aromatic nitrogens is 2. The summed E-state index contributed by atoms with van der Waals surface area (Å²) in [6, 6.07) is 8.38. The van der Waals surface area contributed by atoms with E-state index in [4.69, 9.17) is 0 Å². The molecule has 0 bridgehead atoms. The van der Waals surface area contributed by atoms with Crippen molar-refractivity contribution in [1.82, 2.24) is 9.97 Å². The van der Waals surface area contributed by atoms with Gasteiger partial charge in [0.15, 0.2) is 0 Å². The number of aryl methyl sites for hydroxylation is 2. The molecule has 0 atom stereocenters. The van der Waals surface area contributed by atoms with E-state index in [2.05, 4.69) is 46.4 Å². The number of hydrogen-bond donors (Lipinski definition) is 0. The third-order valence-electron chi connectivity index (χ3n) is 3.34. The summed E-state index contributed by atoms with van der Waals surface area (Å²) in [4.78, 5) is 8.06. The van der Waals surface area contributed by atoms with Crippen LogP contribution in [0.1, 0.15) is 36.8 Å². The number of nitrogens with zero attached hydrogens (tertiary/aromatic N) is 2. The van der Waals surface area contributed by atoms with Crippen molar-refractivity contribution >= 4 is 0 Å². The first kappa shape index (κ1) is 14.4. The molecule has 2 rings (SSSR count). The zero-order chi connectivity index (χ0) is 13.9.